The molecule has 0 spiro atoms. The molecular weight excluding hydrogens is 196 g/mol. The van der Waals surface area contributed by atoms with Crippen LogP contribution in [0.5, 0.6) is 0 Å². The highest BCUT2D eigenvalue weighted by Gasteiger charge is 2.03. The van der Waals surface area contributed by atoms with Gasteiger partial charge < -0.3 is 5.32 Å². The summed E-state index contributed by atoms with van der Waals surface area (Å²) >= 11 is 0. The summed E-state index contributed by atoms with van der Waals surface area (Å²) in [5, 5.41) is 3.12. The number of aryl methyl sites for hydroxylation is 1. The van der Waals surface area contributed by atoms with E-state index in [0.29, 0.717) is 0 Å². The summed E-state index contributed by atoms with van der Waals surface area (Å²) in [4.78, 5) is 2.29. The van der Waals surface area contributed by atoms with Gasteiger partial charge in [0.15, 0.2) is 0 Å². The van der Waals surface area contributed by atoms with Crippen LogP contribution in [0.3, 0.4) is 0 Å². The smallest absolute Gasteiger partial charge is 0.0236 e. The van der Waals surface area contributed by atoms with Gasteiger partial charge in [0, 0.05) is 19.6 Å². The summed E-state index contributed by atoms with van der Waals surface area (Å²) in [6, 6.07) is 8.52. The van der Waals surface area contributed by atoms with E-state index in [4.69, 9.17) is 0 Å². The Morgan fingerprint density at radius 1 is 1.38 bits per heavy atom. The van der Waals surface area contributed by atoms with Gasteiger partial charge in [0.1, 0.15) is 0 Å². The SMILES string of the molecule is C=C(CNC)CN(C)Cc1ccccc1C. The third-order valence-corrected chi connectivity index (χ3v) is 2.62. The van der Waals surface area contributed by atoms with Crippen molar-refractivity contribution in [3.63, 3.8) is 0 Å². The number of hydrogen-bond donors (Lipinski definition) is 1. The van der Waals surface area contributed by atoms with Gasteiger partial charge in [-0.1, -0.05) is 30.8 Å². The summed E-state index contributed by atoms with van der Waals surface area (Å²) in [7, 11) is 4.08. The fourth-order valence-corrected chi connectivity index (χ4v) is 1.82. The van der Waals surface area contributed by atoms with Crippen LogP contribution in [-0.4, -0.2) is 32.1 Å². The maximum atomic E-state index is 4.04. The van der Waals surface area contributed by atoms with Gasteiger partial charge in [0.05, 0.1) is 0 Å². The van der Waals surface area contributed by atoms with E-state index in [2.05, 4.69) is 55.0 Å². The molecule has 0 heterocycles. The van der Waals surface area contributed by atoms with Gasteiger partial charge in [-0.3, -0.25) is 4.90 Å². The standard InChI is InChI=1S/C14H22N2/c1-12(9-15-3)10-16(4)11-14-8-6-5-7-13(14)2/h5-8,15H,1,9-11H2,2-4H3. The van der Waals surface area contributed by atoms with Crippen LogP contribution in [-0.2, 0) is 6.54 Å². The number of hydrogen-bond acceptors (Lipinski definition) is 2. The first kappa shape index (κ1) is 12.9. The molecule has 0 bridgehead atoms. The average molecular weight is 218 g/mol. The minimum atomic E-state index is 0.887. The Morgan fingerprint density at radius 2 is 2.06 bits per heavy atom. The quantitative estimate of drug-likeness (QED) is 0.736. The molecule has 0 unspecified atom stereocenters. The van der Waals surface area contributed by atoms with Gasteiger partial charge in [0.25, 0.3) is 0 Å². The first-order valence-corrected chi connectivity index (χ1v) is 5.67. The highest BCUT2D eigenvalue weighted by atomic mass is 15.1. The van der Waals surface area contributed by atoms with Crippen LogP contribution in [0.15, 0.2) is 36.4 Å². The maximum Gasteiger partial charge on any atom is 0.0236 e. The van der Waals surface area contributed by atoms with Crippen LogP contribution < -0.4 is 5.32 Å². The fraction of sp³-hybridized carbons (Fsp3) is 0.429. The summed E-state index contributed by atoms with van der Waals surface area (Å²) in [5.41, 5.74) is 3.97. The summed E-state index contributed by atoms with van der Waals surface area (Å²) in [5.74, 6) is 0. The van der Waals surface area contributed by atoms with Crippen molar-refractivity contribution < 1.29 is 0 Å². The molecule has 0 saturated carbocycles. The molecule has 1 N–H and O–H groups in total. The molecule has 0 aliphatic rings. The molecule has 0 aliphatic heterocycles. The van der Waals surface area contributed by atoms with Gasteiger partial charge in [0.2, 0.25) is 0 Å². The van der Waals surface area contributed by atoms with Crippen LogP contribution in [0.4, 0.5) is 0 Å². The van der Waals surface area contributed by atoms with Crippen LogP contribution in [0.25, 0.3) is 0 Å². The van der Waals surface area contributed by atoms with Gasteiger partial charge >= 0.3 is 0 Å². The van der Waals surface area contributed by atoms with Crippen molar-refractivity contribution in [2.75, 3.05) is 27.2 Å². The van der Waals surface area contributed by atoms with Crippen LogP contribution >= 0.6 is 0 Å². The number of likely N-dealkylation sites (N-methyl/N-ethyl adjacent to an activating group) is 2. The number of rotatable bonds is 6. The lowest BCUT2D eigenvalue weighted by molar-refractivity contribution is 0.352. The third-order valence-electron chi connectivity index (χ3n) is 2.62. The van der Waals surface area contributed by atoms with Crippen molar-refractivity contribution in [2.24, 2.45) is 0 Å². The fourth-order valence-electron chi connectivity index (χ4n) is 1.82. The number of nitrogens with one attached hydrogen (secondary N) is 1. The molecule has 2 heteroatoms. The molecule has 0 aliphatic carbocycles. The minimum Gasteiger partial charge on any atom is -0.316 e. The second kappa shape index (κ2) is 6.46. The van der Waals surface area contributed by atoms with Crippen LogP contribution in [0, 0.1) is 6.92 Å². The zero-order valence-corrected chi connectivity index (χ0v) is 10.6. The van der Waals surface area contributed by atoms with Gasteiger partial charge in [-0.15, -0.1) is 0 Å². The van der Waals surface area contributed by atoms with Crippen molar-refractivity contribution in [1.29, 1.82) is 0 Å². The highest BCUT2D eigenvalue weighted by Crippen LogP contribution is 2.09. The second-order valence-electron chi connectivity index (χ2n) is 4.38. The Hall–Kier alpha value is -1.12. The van der Waals surface area contributed by atoms with Gasteiger partial charge in [-0.2, -0.15) is 0 Å². The van der Waals surface area contributed by atoms with E-state index in [9.17, 15) is 0 Å². The van der Waals surface area contributed by atoms with Crippen molar-refractivity contribution in [1.82, 2.24) is 10.2 Å². The Bertz CT molecular complexity index is 344. The van der Waals surface area contributed by atoms with E-state index in [1.54, 1.807) is 0 Å². The largest absolute Gasteiger partial charge is 0.316 e. The Labute approximate surface area is 99.0 Å². The van der Waals surface area contributed by atoms with E-state index < -0.39 is 0 Å². The van der Waals surface area contributed by atoms with E-state index >= 15 is 0 Å². The lowest BCUT2D eigenvalue weighted by Crippen LogP contribution is -2.24. The maximum absolute atomic E-state index is 4.04. The Morgan fingerprint density at radius 3 is 2.69 bits per heavy atom. The summed E-state index contributed by atoms with van der Waals surface area (Å²) in [6.45, 7) is 9.01. The predicted octanol–water partition coefficient (Wildman–Crippen LogP) is 2.20. The molecule has 1 aromatic rings. The van der Waals surface area contributed by atoms with Crippen molar-refractivity contribution in [3.05, 3.63) is 47.5 Å². The topological polar surface area (TPSA) is 15.3 Å². The Balaban J connectivity index is 2.48. The lowest BCUT2D eigenvalue weighted by atomic mass is 10.1. The van der Waals surface area contributed by atoms with E-state index in [1.165, 1.54) is 16.7 Å². The minimum absolute atomic E-state index is 0.887. The predicted molar refractivity (Wildman–Crippen MR) is 70.6 cm³/mol. The van der Waals surface area contributed by atoms with E-state index in [0.717, 1.165) is 19.6 Å². The summed E-state index contributed by atoms with van der Waals surface area (Å²) < 4.78 is 0. The average Bonchev–Trinajstić information content (AvgIpc) is 2.21. The molecule has 1 rings (SSSR count). The molecule has 0 radical (unpaired) electrons. The van der Waals surface area contributed by atoms with Crippen LogP contribution in [0.1, 0.15) is 11.1 Å². The molecule has 0 fully saturated rings. The molecule has 0 saturated heterocycles. The van der Waals surface area contributed by atoms with E-state index in [-0.39, 0.29) is 0 Å². The van der Waals surface area contributed by atoms with Crippen molar-refractivity contribution >= 4 is 0 Å². The zero-order chi connectivity index (χ0) is 12.0. The number of benzene rings is 1. The number of nitrogens with zero attached hydrogens (tertiary/aromatic N) is 1. The molecule has 0 amide bonds. The molecule has 0 atom stereocenters. The third kappa shape index (κ3) is 4.17. The normalized spacial score (nSPS) is 10.8. The lowest BCUT2D eigenvalue weighted by Gasteiger charge is -2.19. The van der Waals surface area contributed by atoms with Crippen LogP contribution in [0.2, 0.25) is 0 Å². The van der Waals surface area contributed by atoms with Crippen molar-refractivity contribution in [3.8, 4) is 0 Å². The van der Waals surface area contributed by atoms with Gasteiger partial charge in [-0.25, -0.2) is 0 Å². The molecule has 0 aromatic heterocycles. The van der Waals surface area contributed by atoms with Gasteiger partial charge in [-0.05, 0) is 37.7 Å². The molecular formula is C14H22N2. The molecule has 16 heavy (non-hydrogen) atoms. The molecule has 88 valence electrons. The van der Waals surface area contributed by atoms with Crippen molar-refractivity contribution in [2.45, 2.75) is 13.5 Å². The zero-order valence-electron chi connectivity index (χ0n) is 10.6. The first-order chi connectivity index (χ1) is 7.63. The summed E-state index contributed by atoms with van der Waals surface area (Å²) in [6.07, 6.45) is 0. The second-order valence-corrected chi connectivity index (χ2v) is 4.38. The Kier molecular flexibility index (Phi) is 5.23. The monoisotopic (exact) mass is 218 g/mol. The molecule has 1 aromatic carbocycles. The first-order valence-electron chi connectivity index (χ1n) is 5.67. The van der Waals surface area contributed by atoms with E-state index in [1.807, 2.05) is 7.05 Å². The molecule has 2 nitrogen and oxygen atoms in total. The highest BCUT2D eigenvalue weighted by molar-refractivity contribution is 5.25.